The van der Waals surface area contributed by atoms with Gasteiger partial charge in [0.05, 0.1) is 0 Å². The highest BCUT2D eigenvalue weighted by Gasteiger charge is 2.17. The average molecular weight is 195 g/mol. The molecule has 1 rings (SSSR count). The van der Waals surface area contributed by atoms with Crippen molar-refractivity contribution in [2.45, 2.75) is 46.5 Å². The Morgan fingerprint density at radius 3 is 2.79 bits per heavy atom. The molecule has 1 heteroatoms. The molecule has 0 saturated heterocycles. The Morgan fingerprint density at radius 2 is 2.14 bits per heavy atom. The summed E-state index contributed by atoms with van der Waals surface area (Å²) in [6.07, 6.45) is 8.03. The molecule has 2 unspecified atom stereocenters. The van der Waals surface area contributed by atoms with E-state index < -0.39 is 0 Å². The Balaban J connectivity index is 2.09. The Bertz CT molecular complexity index is 180. The van der Waals surface area contributed by atoms with Crippen LogP contribution in [-0.2, 0) is 0 Å². The lowest BCUT2D eigenvalue weighted by Crippen LogP contribution is -2.26. The molecule has 1 saturated carbocycles. The maximum atomic E-state index is 3.53. The van der Waals surface area contributed by atoms with E-state index in [1.54, 1.807) is 0 Å². The lowest BCUT2D eigenvalue weighted by Gasteiger charge is -2.26. The van der Waals surface area contributed by atoms with Crippen LogP contribution in [0, 0.1) is 11.8 Å². The van der Waals surface area contributed by atoms with Gasteiger partial charge in [-0.15, -0.1) is 0 Å². The van der Waals surface area contributed by atoms with Gasteiger partial charge in [-0.1, -0.05) is 31.4 Å². The first kappa shape index (κ1) is 11.8. The second-order valence-electron chi connectivity index (χ2n) is 5.08. The van der Waals surface area contributed by atoms with Crippen LogP contribution in [0.5, 0.6) is 0 Å². The third-order valence-corrected chi connectivity index (χ3v) is 3.13. The summed E-state index contributed by atoms with van der Waals surface area (Å²) in [6, 6.07) is 0. The molecule has 0 aromatic rings. The highest BCUT2D eigenvalue weighted by Crippen LogP contribution is 2.27. The van der Waals surface area contributed by atoms with Crippen molar-refractivity contribution < 1.29 is 0 Å². The van der Waals surface area contributed by atoms with Gasteiger partial charge in [0, 0.05) is 6.54 Å². The van der Waals surface area contributed by atoms with Crippen molar-refractivity contribution in [3.8, 4) is 0 Å². The number of hydrogen-bond donors (Lipinski definition) is 1. The van der Waals surface area contributed by atoms with Crippen LogP contribution in [0.2, 0.25) is 0 Å². The van der Waals surface area contributed by atoms with E-state index in [1.165, 1.54) is 37.8 Å². The molecular weight excluding hydrogens is 170 g/mol. The minimum Gasteiger partial charge on any atom is -0.313 e. The van der Waals surface area contributed by atoms with Gasteiger partial charge in [-0.05, 0) is 45.1 Å². The molecule has 1 fully saturated rings. The van der Waals surface area contributed by atoms with Gasteiger partial charge in [-0.3, -0.25) is 0 Å². The SMILES string of the molecule is CC(C)=CCNCC1CCCC(C)C1. The molecule has 1 aliphatic carbocycles. The van der Waals surface area contributed by atoms with E-state index in [2.05, 4.69) is 32.2 Å². The maximum absolute atomic E-state index is 3.53. The Labute approximate surface area is 89.0 Å². The van der Waals surface area contributed by atoms with Crippen molar-refractivity contribution in [3.63, 3.8) is 0 Å². The molecule has 82 valence electrons. The van der Waals surface area contributed by atoms with E-state index in [0.717, 1.165) is 18.4 Å². The van der Waals surface area contributed by atoms with Gasteiger partial charge in [-0.25, -0.2) is 0 Å². The molecule has 0 bridgehead atoms. The van der Waals surface area contributed by atoms with Gasteiger partial charge >= 0.3 is 0 Å². The van der Waals surface area contributed by atoms with E-state index in [1.807, 2.05) is 0 Å². The number of nitrogens with one attached hydrogen (secondary N) is 1. The normalized spacial score (nSPS) is 27.4. The first-order chi connectivity index (χ1) is 6.68. The van der Waals surface area contributed by atoms with E-state index >= 15 is 0 Å². The quantitative estimate of drug-likeness (QED) is 0.536. The van der Waals surface area contributed by atoms with Gasteiger partial charge in [0.1, 0.15) is 0 Å². The molecule has 14 heavy (non-hydrogen) atoms. The van der Waals surface area contributed by atoms with Crippen LogP contribution in [0.25, 0.3) is 0 Å². The standard InChI is InChI=1S/C13H25N/c1-11(2)7-8-14-10-13-6-4-5-12(3)9-13/h7,12-14H,4-6,8-10H2,1-3H3. The molecule has 1 aliphatic rings. The first-order valence-electron chi connectivity index (χ1n) is 6.02. The van der Waals surface area contributed by atoms with Crippen molar-refractivity contribution in [1.82, 2.24) is 5.32 Å². The predicted molar refractivity (Wildman–Crippen MR) is 63.4 cm³/mol. The van der Waals surface area contributed by atoms with Crippen LogP contribution in [0.3, 0.4) is 0 Å². The molecule has 2 atom stereocenters. The Morgan fingerprint density at radius 1 is 1.36 bits per heavy atom. The zero-order chi connectivity index (χ0) is 10.4. The molecule has 0 aromatic heterocycles. The minimum absolute atomic E-state index is 0.935. The number of rotatable bonds is 4. The van der Waals surface area contributed by atoms with Crippen LogP contribution >= 0.6 is 0 Å². The molecular formula is C13H25N. The molecule has 0 spiro atoms. The summed E-state index contributed by atoms with van der Waals surface area (Å²) in [5, 5.41) is 3.53. The minimum atomic E-state index is 0.935. The van der Waals surface area contributed by atoms with E-state index in [-0.39, 0.29) is 0 Å². The highest BCUT2D eigenvalue weighted by molar-refractivity contribution is 4.94. The van der Waals surface area contributed by atoms with Crippen LogP contribution < -0.4 is 5.32 Å². The van der Waals surface area contributed by atoms with Crippen LogP contribution in [0.1, 0.15) is 46.5 Å². The lowest BCUT2D eigenvalue weighted by molar-refractivity contribution is 0.277. The van der Waals surface area contributed by atoms with Crippen molar-refractivity contribution in [3.05, 3.63) is 11.6 Å². The number of hydrogen-bond acceptors (Lipinski definition) is 1. The van der Waals surface area contributed by atoms with Gasteiger partial charge in [0.15, 0.2) is 0 Å². The van der Waals surface area contributed by atoms with Crippen molar-refractivity contribution in [1.29, 1.82) is 0 Å². The smallest absolute Gasteiger partial charge is 0.0137 e. The molecule has 0 aliphatic heterocycles. The van der Waals surface area contributed by atoms with Crippen LogP contribution in [0.15, 0.2) is 11.6 Å². The summed E-state index contributed by atoms with van der Waals surface area (Å²) in [7, 11) is 0. The van der Waals surface area contributed by atoms with Gasteiger partial charge in [-0.2, -0.15) is 0 Å². The molecule has 1 N–H and O–H groups in total. The molecule has 0 heterocycles. The zero-order valence-electron chi connectivity index (χ0n) is 9.97. The summed E-state index contributed by atoms with van der Waals surface area (Å²) in [5.41, 5.74) is 1.41. The Kier molecular flexibility index (Phi) is 5.24. The van der Waals surface area contributed by atoms with Crippen molar-refractivity contribution in [2.75, 3.05) is 13.1 Å². The summed E-state index contributed by atoms with van der Waals surface area (Å²) < 4.78 is 0. The Hall–Kier alpha value is -0.300. The largest absolute Gasteiger partial charge is 0.313 e. The van der Waals surface area contributed by atoms with E-state index in [0.29, 0.717) is 0 Å². The molecule has 0 amide bonds. The fraction of sp³-hybridized carbons (Fsp3) is 0.846. The summed E-state index contributed by atoms with van der Waals surface area (Å²) in [5.74, 6) is 1.89. The molecule has 0 radical (unpaired) electrons. The van der Waals surface area contributed by atoms with E-state index in [9.17, 15) is 0 Å². The number of allylic oxidation sites excluding steroid dienone is 1. The first-order valence-corrected chi connectivity index (χ1v) is 6.02. The highest BCUT2D eigenvalue weighted by atomic mass is 14.8. The average Bonchev–Trinajstić information content (AvgIpc) is 2.12. The second-order valence-corrected chi connectivity index (χ2v) is 5.08. The summed E-state index contributed by atoms with van der Waals surface area (Å²) >= 11 is 0. The van der Waals surface area contributed by atoms with Crippen molar-refractivity contribution >= 4 is 0 Å². The summed E-state index contributed by atoms with van der Waals surface area (Å²) in [4.78, 5) is 0. The monoisotopic (exact) mass is 195 g/mol. The molecule has 1 nitrogen and oxygen atoms in total. The summed E-state index contributed by atoms with van der Waals surface area (Å²) in [6.45, 7) is 8.97. The van der Waals surface area contributed by atoms with E-state index in [4.69, 9.17) is 0 Å². The van der Waals surface area contributed by atoms with Gasteiger partial charge in [0.2, 0.25) is 0 Å². The van der Waals surface area contributed by atoms with Crippen LogP contribution in [0.4, 0.5) is 0 Å². The predicted octanol–water partition coefficient (Wildman–Crippen LogP) is 3.37. The third-order valence-electron chi connectivity index (χ3n) is 3.13. The lowest BCUT2D eigenvalue weighted by atomic mass is 9.82. The fourth-order valence-corrected chi connectivity index (χ4v) is 2.31. The van der Waals surface area contributed by atoms with Crippen LogP contribution in [-0.4, -0.2) is 13.1 Å². The van der Waals surface area contributed by atoms with Crippen molar-refractivity contribution in [2.24, 2.45) is 11.8 Å². The fourth-order valence-electron chi connectivity index (χ4n) is 2.31. The molecule has 0 aromatic carbocycles. The topological polar surface area (TPSA) is 12.0 Å². The second kappa shape index (κ2) is 6.23. The van der Waals surface area contributed by atoms with Gasteiger partial charge < -0.3 is 5.32 Å². The zero-order valence-corrected chi connectivity index (χ0v) is 9.97. The third kappa shape index (κ3) is 4.80. The van der Waals surface area contributed by atoms with Gasteiger partial charge in [0.25, 0.3) is 0 Å². The maximum Gasteiger partial charge on any atom is 0.0137 e.